The summed E-state index contributed by atoms with van der Waals surface area (Å²) in [5.74, 6) is 0.926. The number of hydrogen-bond acceptors (Lipinski definition) is 4. The number of aromatic amines is 1. The minimum Gasteiger partial charge on any atom is -0.424 e. The van der Waals surface area contributed by atoms with Gasteiger partial charge in [-0.1, -0.05) is 37.8 Å². The Kier molecular flexibility index (Phi) is 5.35. The fourth-order valence-electron chi connectivity index (χ4n) is 3.71. The molecule has 1 N–H and O–H groups in total. The summed E-state index contributed by atoms with van der Waals surface area (Å²) < 4.78 is 20.6. The molecular formula is C20H22ClFN4O2. The number of rotatable bonds is 5. The predicted molar refractivity (Wildman–Crippen MR) is 106 cm³/mol. The van der Waals surface area contributed by atoms with Crippen LogP contribution in [-0.2, 0) is 6.54 Å². The average molecular weight is 405 g/mol. The molecule has 6 nitrogen and oxygen atoms in total. The molecule has 2 heterocycles. The Morgan fingerprint density at radius 3 is 2.79 bits per heavy atom. The molecule has 0 aliphatic heterocycles. The topological polar surface area (TPSA) is 72.8 Å². The SMILES string of the molecule is CCCn1c(Oc2ccc(F)cc2Cl)nc2nc(C3CCCCC3)[nH]c2c1=O. The lowest BCUT2D eigenvalue weighted by Gasteiger charge is -2.18. The van der Waals surface area contributed by atoms with E-state index in [1.54, 1.807) is 0 Å². The molecule has 0 atom stereocenters. The molecule has 148 valence electrons. The average Bonchev–Trinajstić information content (AvgIpc) is 3.12. The Balaban J connectivity index is 1.78. The van der Waals surface area contributed by atoms with E-state index in [1.807, 2.05) is 6.92 Å². The first kappa shape index (κ1) is 18.9. The van der Waals surface area contributed by atoms with Crippen LogP contribution >= 0.6 is 11.6 Å². The van der Waals surface area contributed by atoms with Gasteiger partial charge in [-0.3, -0.25) is 9.36 Å². The molecule has 0 bridgehead atoms. The third-order valence-corrected chi connectivity index (χ3v) is 5.42. The lowest BCUT2D eigenvalue weighted by atomic mass is 9.89. The van der Waals surface area contributed by atoms with E-state index < -0.39 is 5.82 Å². The Morgan fingerprint density at radius 1 is 1.29 bits per heavy atom. The smallest absolute Gasteiger partial charge is 0.306 e. The zero-order chi connectivity index (χ0) is 19.7. The van der Waals surface area contributed by atoms with Crippen LogP contribution in [0.5, 0.6) is 11.8 Å². The van der Waals surface area contributed by atoms with Crippen molar-refractivity contribution in [1.82, 2.24) is 19.5 Å². The van der Waals surface area contributed by atoms with Crippen molar-refractivity contribution in [2.45, 2.75) is 57.9 Å². The number of ether oxygens (including phenoxy) is 1. The van der Waals surface area contributed by atoms with Gasteiger partial charge in [0.25, 0.3) is 5.56 Å². The van der Waals surface area contributed by atoms with E-state index in [0.717, 1.165) is 31.2 Å². The first-order valence-corrected chi connectivity index (χ1v) is 10.1. The van der Waals surface area contributed by atoms with Crippen molar-refractivity contribution in [2.75, 3.05) is 0 Å². The highest BCUT2D eigenvalue weighted by Gasteiger charge is 2.22. The fourth-order valence-corrected chi connectivity index (χ4v) is 3.91. The number of imidazole rings is 1. The van der Waals surface area contributed by atoms with Crippen LogP contribution in [0.15, 0.2) is 23.0 Å². The number of nitrogens with zero attached hydrogens (tertiary/aromatic N) is 3. The Morgan fingerprint density at radius 2 is 2.07 bits per heavy atom. The minimum atomic E-state index is -0.462. The van der Waals surface area contributed by atoms with E-state index in [-0.39, 0.29) is 22.3 Å². The van der Waals surface area contributed by atoms with Gasteiger partial charge in [0, 0.05) is 12.5 Å². The molecule has 2 aromatic heterocycles. The van der Waals surface area contributed by atoms with Crippen molar-refractivity contribution < 1.29 is 9.13 Å². The quantitative estimate of drug-likeness (QED) is 0.637. The van der Waals surface area contributed by atoms with Crippen molar-refractivity contribution in [1.29, 1.82) is 0 Å². The molecule has 0 saturated heterocycles. The number of nitrogens with one attached hydrogen (secondary N) is 1. The number of hydrogen-bond donors (Lipinski definition) is 1. The second-order valence-electron chi connectivity index (χ2n) is 7.18. The highest BCUT2D eigenvalue weighted by Crippen LogP contribution is 2.32. The van der Waals surface area contributed by atoms with E-state index in [2.05, 4.69) is 15.0 Å². The van der Waals surface area contributed by atoms with Gasteiger partial charge in [-0.25, -0.2) is 9.37 Å². The Labute approximate surface area is 166 Å². The largest absolute Gasteiger partial charge is 0.424 e. The summed E-state index contributed by atoms with van der Waals surface area (Å²) >= 11 is 6.07. The summed E-state index contributed by atoms with van der Waals surface area (Å²) in [5, 5.41) is 0.113. The molecule has 0 radical (unpaired) electrons. The summed E-state index contributed by atoms with van der Waals surface area (Å²) in [6.45, 7) is 2.40. The van der Waals surface area contributed by atoms with Crippen LogP contribution in [-0.4, -0.2) is 19.5 Å². The normalized spacial score (nSPS) is 15.2. The minimum absolute atomic E-state index is 0.106. The molecule has 1 aliphatic rings. The highest BCUT2D eigenvalue weighted by molar-refractivity contribution is 6.32. The van der Waals surface area contributed by atoms with E-state index in [9.17, 15) is 9.18 Å². The van der Waals surface area contributed by atoms with Gasteiger partial charge < -0.3 is 9.72 Å². The second-order valence-corrected chi connectivity index (χ2v) is 7.59. The summed E-state index contributed by atoms with van der Waals surface area (Å²) in [6.07, 6.45) is 6.45. The Bertz CT molecular complexity index is 1060. The maximum atomic E-state index is 13.3. The second kappa shape index (κ2) is 7.91. The van der Waals surface area contributed by atoms with Gasteiger partial charge in [-0.05, 0) is 37.5 Å². The van der Waals surface area contributed by atoms with E-state index in [4.69, 9.17) is 16.3 Å². The summed E-state index contributed by atoms with van der Waals surface area (Å²) in [6, 6.07) is 3.93. The summed E-state index contributed by atoms with van der Waals surface area (Å²) in [5.41, 5.74) is 0.507. The van der Waals surface area contributed by atoms with Crippen molar-refractivity contribution >= 4 is 22.8 Å². The van der Waals surface area contributed by atoms with Crippen LogP contribution in [0.25, 0.3) is 11.2 Å². The zero-order valence-corrected chi connectivity index (χ0v) is 16.4. The molecule has 28 heavy (non-hydrogen) atoms. The van der Waals surface area contributed by atoms with Crippen LogP contribution in [0.4, 0.5) is 4.39 Å². The third-order valence-electron chi connectivity index (χ3n) is 5.13. The Hall–Kier alpha value is -2.41. The maximum Gasteiger partial charge on any atom is 0.306 e. The summed E-state index contributed by atoms with van der Waals surface area (Å²) in [7, 11) is 0. The molecule has 4 rings (SSSR count). The van der Waals surface area contributed by atoms with Crippen molar-refractivity contribution in [3.05, 3.63) is 45.2 Å². The van der Waals surface area contributed by atoms with Gasteiger partial charge >= 0.3 is 6.01 Å². The number of aromatic nitrogens is 4. The van der Waals surface area contributed by atoms with Gasteiger partial charge in [0.1, 0.15) is 17.4 Å². The van der Waals surface area contributed by atoms with E-state index >= 15 is 0 Å². The molecule has 8 heteroatoms. The van der Waals surface area contributed by atoms with Gasteiger partial charge in [0.2, 0.25) is 0 Å². The van der Waals surface area contributed by atoms with Crippen LogP contribution in [0.2, 0.25) is 5.02 Å². The van der Waals surface area contributed by atoms with Crippen LogP contribution in [0.1, 0.15) is 57.2 Å². The molecule has 1 aromatic carbocycles. The van der Waals surface area contributed by atoms with Gasteiger partial charge in [-0.2, -0.15) is 4.98 Å². The number of benzene rings is 1. The molecule has 0 spiro atoms. The zero-order valence-electron chi connectivity index (χ0n) is 15.7. The molecule has 0 unspecified atom stereocenters. The van der Waals surface area contributed by atoms with E-state index in [1.165, 1.54) is 36.0 Å². The predicted octanol–water partition coefficient (Wildman–Crippen LogP) is 5.16. The lowest BCUT2D eigenvalue weighted by molar-refractivity contribution is 0.397. The molecule has 1 saturated carbocycles. The van der Waals surface area contributed by atoms with Crippen LogP contribution in [0.3, 0.4) is 0 Å². The van der Waals surface area contributed by atoms with Gasteiger partial charge in [-0.15, -0.1) is 0 Å². The lowest BCUT2D eigenvalue weighted by Crippen LogP contribution is -2.23. The molecule has 3 aromatic rings. The number of H-pyrrole nitrogens is 1. The van der Waals surface area contributed by atoms with Crippen LogP contribution < -0.4 is 10.3 Å². The molecule has 1 aliphatic carbocycles. The third kappa shape index (κ3) is 3.63. The number of halogens is 2. The maximum absolute atomic E-state index is 13.3. The standard InChI is InChI=1S/C20H22ClFN4O2/c1-2-10-26-19(27)16-18(24-17(23-16)12-6-4-3-5-7-12)25-20(26)28-15-9-8-13(22)11-14(15)21/h8-9,11-12H,2-7,10H2,1H3,(H,23,24). The van der Waals surface area contributed by atoms with Crippen LogP contribution in [0, 0.1) is 5.82 Å². The monoisotopic (exact) mass is 404 g/mol. The highest BCUT2D eigenvalue weighted by atomic mass is 35.5. The number of fused-ring (bicyclic) bond motifs is 1. The summed E-state index contributed by atoms with van der Waals surface area (Å²) in [4.78, 5) is 25.3. The van der Waals surface area contributed by atoms with Crippen molar-refractivity contribution in [3.8, 4) is 11.8 Å². The van der Waals surface area contributed by atoms with Crippen molar-refractivity contribution in [2.24, 2.45) is 0 Å². The van der Waals surface area contributed by atoms with Crippen molar-refractivity contribution in [3.63, 3.8) is 0 Å². The first-order valence-electron chi connectivity index (χ1n) is 9.70. The van der Waals surface area contributed by atoms with Gasteiger partial charge in [0.15, 0.2) is 11.2 Å². The first-order chi connectivity index (χ1) is 13.6. The van der Waals surface area contributed by atoms with Gasteiger partial charge in [0.05, 0.1) is 5.02 Å². The molecule has 1 fully saturated rings. The molecule has 0 amide bonds. The van der Waals surface area contributed by atoms with E-state index in [0.29, 0.717) is 23.6 Å². The molecular weight excluding hydrogens is 383 g/mol. The fraction of sp³-hybridized carbons (Fsp3) is 0.450.